The van der Waals surface area contributed by atoms with Crippen molar-refractivity contribution < 1.29 is 14.5 Å². The smallest absolute Gasteiger partial charge is 0.269 e. The molecule has 0 fully saturated rings. The van der Waals surface area contributed by atoms with Gasteiger partial charge < -0.3 is 16.0 Å². The Morgan fingerprint density at radius 1 is 1.30 bits per heavy atom. The molecule has 0 aliphatic rings. The van der Waals surface area contributed by atoms with Crippen LogP contribution >= 0.6 is 0 Å². The van der Waals surface area contributed by atoms with Crippen LogP contribution < -0.4 is 16.0 Å². The van der Waals surface area contributed by atoms with Crippen LogP contribution in [0, 0.1) is 21.4 Å². The zero-order valence-electron chi connectivity index (χ0n) is 12.3. The number of nitrogens with zero attached hydrogens (tertiary/aromatic N) is 2. The topological polar surface area (TPSA) is 137 Å². The summed E-state index contributed by atoms with van der Waals surface area (Å²) in [6.07, 6.45) is 1.24. The molecule has 0 aromatic heterocycles. The highest BCUT2D eigenvalue weighted by molar-refractivity contribution is 6.06. The molecule has 0 atom stereocenters. The SMILES string of the molecule is CC(=O)NCCN/C=C(/C#N)C(=O)Nc1ccc([N+](=O)[O-])cc1. The normalized spacial score (nSPS) is 10.3. The molecule has 120 valence electrons. The highest BCUT2D eigenvalue weighted by Crippen LogP contribution is 2.15. The van der Waals surface area contributed by atoms with E-state index in [-0.39, 0.29) is 17.2 Å². The molecule has 0 aliphatic carbocycles. The second-order valence-corrected chi connectivity index (χ2v) is 4.37. The minimum absolute atomic E-state index is 0.0984. The van der Waals surface area contributed by atoms with Gasteiger partial charge in [0.1, 0.15) is 11.6 Å². The predicted octanol–water partition coefficient (Wildman–Crippen LogP) is 0.666. The van der Waals surface area contributed by atoms with E-state index in [2.05, 4.69) is 16.0 Å². The van der Waals surface area contributed by atoms with E-state index >= 15 is 0 Å². The summed E-state index contributed by atoms with van der Waals surface area (Å²) in [6, 6.07) is 6.98. The summed E-state index contributed by atoms with van der Waals surface area (Å²) in [5, 5.41) is 27.2. The Labute approximate surface area is 132 Å². The van der Waals surface area contributed by atoms with E-state index in [0.717, 1.165) is 0 Å². The molecule has 0 unspecified atom stereocenters. The van der Waals surface area contributed by atoms with E-state index in [4.69, 9.17) is 5.26 Å². The average Bonchev–Trinajstić information content (AvgIpc) is 2.51. The van der Waals surface area contributed by atoms with Gasteiger partial charge in [0.2, 0.25) is 5.91 Å². The fourth-order valence-electron chi connectivity index (χ4n) is 1.50. The molecule has 0 bridgehead atoms. The maximum Gasteiger partial charge on any atom is 0.269 e. The summed E-state index contributed by atoms with van der Waals surface area (Å²) in [7, 11) is 0. The van der Waals surface area contributed by atoms with Gasteiger partial charge in [0.05, 0.1) is 4.92 Å². The maximum atomic E-state index is 11.9. The number of rotatable bonds is 7. The second-order valence-electron chi connectivity index (χ2n) is 4.37. The minimum atomic E-state index is -0.645. The third kappa shape index (κ3) is 6.26. The number of carbonyl (C=O) groups excluding carboxylic acids is 2. The number of amides is 2. The molecule has 1 rings (SSSR count). The number of nitro benzene ring substituents is 1. The molecule has 0 aliphatic heterocycles. The first-order chi connectivity index (χ1) is 10.9. The fourth-order valence-corrected chi connectivity index (χ4v) is 1.50. The van der Waals surface area contributed by atoms with E-state index in [1.807, 2.05) is 0 Å². The number of carbonyl (C=O) groups is 2. The molecular weight excluding hydrogens is 302 g/mol. The summed E-state index contributed by atoms with van der Waals surface area (Å²) < 4.78 is 0. The summed E-state index contributed by atoms with van der Waals surface area (Å²) in [6.45, 7) is 2.10. The number of nitro groups is 1. The van der Waals surface area contributed by atoms with Crippen molar-refractivity contribution in [2.45, 2.75) is 6.92 Å². The van der Waals surface area contributed by atoms with Gasteiger partial charge in [-0.25, -0.2) is 0 Å². The van der Waals surface area contributed by atoms with Gasteiger partial charge in [-0.2, -0.15) is 5.26 Å². The number of anilines is 1. The number of hydrogen-bond acceptors (Lipinski definition) is 6. The largest absolute Gasteiger partial charge is 0.388 e. The van der Waals surface area contributed by atoms with E-state index < -0.39 is 10.8 Å². The van der Waals surface area contributed by atoms with Crippen molar-refractivity contribution in [1.82, 2.24) is 10.6 Å². The fraction of sp³-hybridized carbons (Fsp3) is 0.214. The third-order valence-electron chi connectivity index (χ3n) is 2.59. The van der Waals surface area contributed by atoms with E-state index in [9.17, 15) is 19.7 Å². The van der Waals surface area contributed by atoms with Crippen LogP contribution in [0.15, 0.2) is 36.0 Å². The molecule has 0 spiro atoms. The molecule has 0 saturated heterocycles. The summed E-state index contributed by atoms with van der Waals surface area (Å²) in [5.74, 6) is -0.819. The van der Waals surface area contributed by atoms with Gasteiger partial charge in [-0.15, -0.1) is 0 Å². The van der Waals surface area contributed by atoms with Crippen LogP contribution in [0.3, 0.4) is 0 Å². The van der Waals surface area contributed by atoms with Crippen molar-refractivity contribution in [2.75, 3.05) is 18.4 Å². The van der Waals surface area contributed by atoms with Gasteiger partial charge in [0, 0.05) is 44.0 Å². The Bertz CT molecular complexity index is 661. The number of nitriles is 1. The molecule has 1 aromatic carbocycles. The van der Waals surface area contributed by atoms with Gasteiger partial charge >= 0.3 is 0 Å². The van der Waals surface area contributed by atoms with Crippen molar-refractivity contribution in [3.05, 3.63) is 46.2 Å². The van der Waals surface area contributed by atoms with E-state index in [1.165, 1.54) is 37.4 Å². The van der Waals surface area contributed by atoms with Crippen LogP contribution in [-0.2, 0) is 9.59 Å². The number of hydrogen-bond donors (Lipinski definition) is 3. The van der Waals surface area contributed by atoms with Gasteiger partial charge in [-0.05, 0) is 12.1 Å². The molecule has 0 radical (unpaired) electrons. The van der Waals surface area contributed by atoms with Gasteiger partial charge in [-0.3, -0.25) is 19.7 Å². The lowest BCUT2D eigenvalue weighted by atomic mass is 10.2. The Balaban J connectivity index is 2.57. The van der Waals surface area contributed by atoms with Crippen molar-refractivity contribution >= 4 is 23.2 Å². The molecule has 3 N–H and O–H groups in total. The maximum absolute atomic E-state index is 11.9. The molecule has 1 aromatic rings. The molecule has 0 saturated carbocycles. The quantitative estimate of drug-likeness (QED) is 0.222. The lowest BCUT2D eigenvalue weighted by molar-refractivity contribution is -0.384. The lowest BCUT2D eigenvalue weighted by Crippen LogP contribution is -2.28. The monoisotopic (exact) mass is 317 g/mol. The van der Waals surface area contributed by atoms with Crippen LogP contribution in [0.25, 0.3) is 0 Å². The van der Waals surface area contributed by atoms with Crippen LogP contribution in [0.1, 0.15) is 6.92 Å². The summed E-state index contributed by atoms with van der Waals surface area (Å²) in [5.41, 5.74) is 0.0739. The van der Waals surface area contributed by atoms with Crippen LogP contribution in [-0.4, -0.2) is 29.8 Å². The van der Waals surface area contributed by atoms with Crippen molar-refractivity contribution in [3.63, 3.8) is 0 Å². The number of benzene rings is 1. The summed E-state index contributed by atoms with van der Waals surface area (Å²) in [4.78, 5) is 32.5. The lowest BCUT2D eigenvalue weighted by Gasteiger charge is -2.05. The highest BCUT2D eigenvalue weighted by Gasteiger charge is 2.10. The minimum Gasteiger partial charge on any atom is -0.388 e. The van der Waals surface area contributed by atoms with E-state index in [1.54, 1.807) is 6.07 Å². The standard InChI is InChI=1S/C14H15N5O4/c1-10(20)17-7-6-16-9-11(8-15)14(21)18-12-2-4-13(5-3-12)19(22)23/h2-5,9,16H,6-7H2,1H3,(H,17,20)(H,18,21)/b11-9-. The molecule has 9 nitrogen and oxygen atoms in total. The molecule has 23 heavy (non-hydrogen) atoms. The number of nitrogens with one attached hydrogen (secondary N) is 3. The molecular formula is C14H15N5O4. The van der Waals surface area contributed by atoms with Gasteiger partial charge in [-0.1, -0.05) is 0 Å². The van der Waals surface area contributed by atoms with Crippen molar-refractivity contribution in [3.8, 4) is 6.07 Å². The Kier molecular flexibility index (Phi) is 6.74. The van der Waals surface area contributed by atoms with Gasteiger partial charge in [0.25, 0.3) is 11.6 Å². The predicted molar refractivity (Wildman–Crippen MR) is 82.1 cm³/mol. The highest BCUT2D eigenvalue weighted by atomic mass is 16.6. The Morgan fingerprint density at radius 3 is 2.48 bits per heavy atom. The molecule has 0 heterocycles. The first kappa shape index (κ1) is 17.6. The molecule has 2 amide bonds. The zero-order chi connectivity index (χ0) is 17.2. The first-order valence-electron chi connectivity index (χ1n) is 6.58. The third-order valence-corrected chi connectivity index (χ3v) is 2.59. The molecule has 9 heteroatoms. The van der Waals surface area contributed by atoms with E-state index in [0.29, 0.717) is 18.8 Å². The second kappa shape index (κ2) is 8.78. The average molecular weight is 317 g/mol. The van der Waals surface area contributed by atoms with Crippen LogP contribution in [0.5, 0.6) is 0 Å². The van der Waals surface area contributed by atoms with Crippen molar-refractivity contribution in [2.24, 2.45) is 0 Å². The van der Waals surface area contributed by atoms with Crippen molar-refractivity contribution in [1.29, 1.82) is 5.26 Å². The summed E-state index contributed by atoms with van der Waals surface area (Å²) >= 11 is 0. The first-order valence-corrected chi connectivity index (χ1v) is 6.58. The number of non-ortho nitro benzene ring substituents is 1. The van der Waals surface area contributed by atoms with Gasteiger partial charge in [0.15, 0.2) is 0 Å². The van der Waals surface area contributed by atoms with Crippen LogP contribution in [0.4, 0.5) is 11.4 Å². The Morgan fingerprint density at radius 2 is 1.96 bits per heavy atom. The zero-order valence-corrected chi connectivity index (χ0v) is 12.3. The van der Waals surface area contributed by atoms with Crippen LogP contribution in [0.2, 0.25) is 0 Å². The Hall–Kier alpha value is -3.41.